The fourth-order valence-electron chi connectivity index (χ4n) is 1.65. The molecule has 0 saturated heterocycles. The molecule has 0 aliphatic rings. The SMILES string of the molecule is C=C(C)COc1c(C)cc(Br)cc1CNC(C)C. The second-order valence-electron chi connectivity index (χ2n) is 4.99. The molecule has 1 aromatic carbocycles. The minimum atomic E-state index is 0.457. The highest BCUT2D eigenvalue weighted by atomic mass is 79.9. The molecule has 0 radical (unpaired) electrons. The summed E-state index contributed by atoms with van der Waals surface area (Å²) in [5, 5.41) is 3.42. The molecule has 0 bridgehead atoms. The van der Waals surface area contributed by atoms with E-state index in [1.54, 1.807) is 0 Å². The lowest BCUT2D eigenvalue weighted by Crippen LogP contribution is -2.22. The molecule has 0 atom stereocenters. The molecular formula is C15H22BrNO. The molecule has 2 nitrogen and oxygen atoms in total. The third-order valence-corrected chi connectivity index (χ3v) is 2.94. The molecule has 1 rings (SSSR count). The summed E-state index contributed by atoms with van der Waals surface area (Å²) in [6, 6.07) is 4.64. The molecule has 0 aliphatic carbocycles. The van der Waals surface area contributed by atoms with Crippen molar-refractivity contribution in [2.24, 2.45) is 0 Å². The summed E-state index contributed by atoms with van der Waals surface area (Å²) in [6.45, 7) is 13.6. The standard InChI is InChI=1S/C15H22BrNO/c1-10(2)9-18-15-12(5)6-14(16)7-13(15)8-17-11(3)4/h6-7,11,17H,1,8-9H2,2-5H3. The summed E-state index contributed by atoms with van der Waals surface area (Å²) in [5.41, 5.74) is 3.35. The summed E-state index contributed by atoms with van der Waals surface area (Å²) in [6.07, 6.45) is 0. The second-order valence-corrected chi connectivity index (χ2v) is 5.91. The van der Waals surface area contributed by atoms with Crippen LogP contribution in [-0.4, -0.2) is 12.6 Å². The van der Waals surface area contributed by atoms with Gasteiger partial charge < -0.3 is 10.1 Å². The quantitative estimate of drug-likeness (QED) is 0.795. The number of halogens is 1. The Morgan fingerprint density at radius 2 is 2.11 bits per heavy atom. The molecular weight excluding hydrogens is 290 g/mol. The molecule has 100 valence electrons. The van der Waals surface area contributed by atoms with Crippen LogP contribution in [0.4, 0.5) is 0 Å². The van der Waals surface area contributed by atoms with Gasteiger partial charge in [0.1, 0.15) is 12.4 Å². The average Bonchev–Trinajstić information content (AvgIpc) is 2.24. The van der Waals surface area contributed by atoms with Crippen LogP contribution in [-0.2, 0) is 6.54 Å². The molecule has 0 aliphatic heterocycles. The fraction of sp³-hybridized carbons (Fsp3) is 0.467. The van der Waals surface area contributed by atoms with Crippen LogP contribution in [0.15, 0.2) is 28.8 Å². The summed E-state index contributed by atoms with van der Waals surface area (Å²) in [7, 11) is 0. The van der Waals surface area contributed by atoms with Gasteiger partial charge in [0, 0.05) is 22.6 Å². The van der Waals surface area contributed by atoms with Crippen molar-refractivity contribution in [3.8, 4) is 5.75 Å². The second kappa shape index (κ2) is 6.95. The normalized spacial score (nSPS) is 10.8. The van der Waals surface area contributed by atoms with Crippen molar-refractivity contribution < 1.29 is 4.74 Å². The number of rotatable bonds is 6. The van der Waals surface area contributed by atoms with E-state index in [0.29, 0.717) is 12.6 Å². The highest BCUT2D eigenvalue weighted by Crippen LogP contribution is 2.28. The van der Waals surface area contributed by atoms with Gasteiger partial charge in [-0.2, -0.15) is 0 Å². The van der Waals surface area contributed by atoms with E-state index in [4.69, 9.17) is 4.74 Å². The van der Waals surface area contributed by atoms with E-state index in [1.807, 2.05) is 6.92 Å². The minimum Gasteiger partial charge on any atom is -0.489 e. The van der Waals surface area contributed by atoms with E-state index in [-0.39, 0.29) is 0 Å². The largest absolute Gasteiger partial charge is 0.489 e. The van der Waals surface area contributed by atoms with Gasteiger partial charge in [0.15, 0.2) is 0 Å². The van der Waals surface area contributed by atoms with Gasteiger partial charge >= 0.3 is 0 Å². The van der Waals surface area contributed by atoms with Gasteiger partial charge in [-0.3, -0.25) is 0 Å². The molecule has 0 amide bonds. The van der Waals surface area contributed by atoms with Crippen molar-refractivity contribution in [1.82, 2.24) is 5.32 Å². The highest BCUT2D eigenvalue weighted by molar-refractivity contribution is 9.10. The number of ether oxygens (including phenoxy) is 1. The molecule has 1 N–H and O–H groups in total. The first-order valence-electron chi connectivity index (χ1n) is 6.19. The third kappa shape index (κ3) is 4.83. The smallest absolute Gasteiger partial charge is 0.127 e. The topological polar surface area (TPSA) is 21.3 Å². The van der Waals surface area contributed by atoms with Gasteiger partial charge in [0.25, 0.3) is 0 Å². The van der Waals surface area contributed by atoms with Crippen molar-refractivity contribution in [2.75, 3.05) is 6.61 Å². The van der Waals surface area contributed by atoms with Crippen molar-refractivity contribution in [3.63, 3.8) is 0 Å². The Morgan fingerprint density at radius 1 is 1.44 bits per heavy atom. The molecule has 3 heteroatoms. The first-order valence-corrected chi connectivity index (χ1v) is 6.99. The van der Waals surface area contributed by atoms with E-state index >= 15 is 0 Å². The Kier molecular flexibility index (Phi) is 5.89. The van der Waals surface area contributed by atoms with Gasteiger partial charge in [-0.1, -0.05) is 36.4 Å². The summed E-state index contributed by atoms with van der Waals surface area (Å²) >= 11 is 3.53. The maximum absolute atomic E-state index is 5.86. The van der Waals surface area contributed by atoms with Gasteiger partial charge in [-0.25, -0.2) is 0 Å². The molecule has 0 spiro atoms. The molecule has 0 heterocycles. The summed E-state index contributed by atoms with van der Waals surface area (Å²) in [4.78, 5) is 0. The van der Waals surface area contributed by atoms with Crippen LogP contribution in [0.25, 0.3) is 0 Å². The van der Waals surface area contributed by atoms with E-state index in [0.717, 1.165) is 27.9 Å². The number of hydrogen-bond donors (Lipinski definition) is 1. The zero-order chi connectivity index (χ0) is 13.7. The monoisotopic (exact) mass is 311 g/mol. The zero-order valence-electron chi connectivity index (χ0n) is 11.6. The Morgan fingerprint density at radius 3 is 2.67 bits per heavy atom. The third-order valence-electron chi connectivity index (χ3n) is 2.48. The van der Waals surface area contributed by atoms with Crippen molar-refractivity contribution in [3.05, 3.63) is 39.9 Å². The van der Waals surface area contributed by atoms with E-state index in [1.165, 1.54) is 5.56 Å². The summed E-state index contributed by atoms with van der Waals surface area (Å²) < 4.78 is 6.94. The fourth-order valence-corrected chi connectivity index (χ4v) is 2.27. The van der Waals surface area contributed by atoms with Crippen LogP contribution in [0.2, 0.25) is 0 Å². The molecule has 0 fully saturated rings. The average molecular weight is 312 g/mol. The van der Waals surface area contributed by atoms with Crippen LogP contribution in [0, 0.1) is 6.92 Å². The Hall–Kier alpha value is -0.800. The molecule has 1 aromatic rings. The lowest BCUT2D eigenvalue weighted by atomic mass is 10.1. The number of benzene rings is 1. The van der Waals surface area contributed by atoms with E-state index in [2.05, 4.69) is 60.7 Å². The maximum Gasteiger partial charge on any atom is 0.127 e. The number of hydrogen-bond acceptors (Lipinski definition) is 2. The van der Waals surface area contributed by atoms with Crippen LogP contribution >= 0.6 is 15.9 Å². The number of aryl methyl sites for hydroxylation is 1. The molecule has 0 unspecified atom stereocenters. The molecule has 18 heavy (non-hydrogen) atoms. The maximum atomic E-state index is 5.86. The lowest BCUT2D eigenvalue weighted by Gasteiger charge is -2.16. The Balaban J connectivity index is 2.93. The van der Waals surface area contributed by atoms with Crippen LogP contribution < -0.4 is 10.1 Å². The Labute approximate surface area is 119 Å². The van der Waals surface area contributed by atoms with Crippen molar-refractivity contribution >= 4 is 15.9 Å². The zero-order valence-corrected chi connectivity index (χ0v) is 13.2. The first kappa shape index (κ1) is 15.3. The van der Waals surface area contributed by atoms with Crippen molar-refractivity contribution in [2.45, 2.75) is 40.3 Å². The Bertz CT molecular complexity index is 427. The van der Waals surface area contributed by atoms with Gasteiger partial charge in [-0.05, 0) is 37.1 Å². The minimum absolute atomic E-state index is 0.457. The van der Waals surface area contributed by atoms with Gasteiger partial charge in [-0.15, -0.1) is 0 Å². The molecule has 0 aromatic heterocycles. The first-order chi connectivity index (χ1) is 8.40. The van der Waals surface area contributed by atoms with Gasteiger partial charge in [0.2, 0.25) is 0 Å². The number of nitrogens with one attached hydrogen (secondary N) is 1. The molecule has 0 saturated carbocycles. The predicted octanol–water partition coefficient (Wildman–Crippen LogP) is 4.21. The van der Waals surface area contributed by atoms with Gasteiger partial charge in [0.05, 0.1) is 0 Å². The predicted molar refractivity (Wildman–Crippen MR) is 81.2 cm³/mol. The van der Waals surface area contributed by atoms with Crippen LogP contribution in [0.5, 0.6) is 5.75 Å². The van der Waals surface area contributed by atoms with Crippen LogP contribution in [0.1, 0.15) is 31.9 Å². The summed E-state index contributed by atoms with van der Waals surface area (Å²) in [5.74, 6) is 0.967. The van der Waals surface area contributed by atoms with Crippen LogP contribution in [0.3, 0.4) is 0 Å². The highest BCUT2D eigenvalue weighted by Gasteiger charge is 2.09. The van der Waals surface area contributed by atoms with E-state index < -0.39 is 0 Å². The van der Waals surface area contributed by atoms with E-state index in [9.17, 15) is 0 Å². The van der Waals surface area contributed by atoms with Crippen molar-refractivity contribution in [1.29, 1.82) is 0 Å². The lowest BCUT2D eigenvalue weighted by molar-refractivity contribution is 0.344.